The van der Waals surface area contributed by atoms with E-state index in [0.29, 0.717) is 24.5 Å². The number of hydrogen-bond acceptors (Lipinski definition) is 5. The molecule has 6 heteroatoms. The van der Waals surface area contributed by atoms with Gasteiger partial charge < -0.3 is 14.2 Å². The summed E-state index contributed by atoms with van der Waals surface area (Å²) in [4.78, 5) is 23.6. The number of benzene rings is 1. The molecule has 0 aliphatic rings. The summed E-state index contributed by atoms with van der Waals surface area (Å²) in [5.74, 6) is -0.0696. The Morgan fingerprint density at radius 2 is 1.95 bits per heavy atom. The number of methoxy groups -OCH3 is 1. The Labute approximate surface area is 132 Å². The van der Waals surface area contributed by atoms with Gasteiger partial charge >= 0.3 is 5.97 Å². The van der Waals surface area contributed by atoms with Crippen molar-refractivity contribution >= 4 is 27.7 Å². The Morgan fingerprint density at radius 3 is 2.62 bits per heavy atom. The minimum absolute atomic E-state index is 0.0423. The molecule has 1 aromatic rings. The van der Waals surface area contributed by atoms with Crippen LogP contribution in [-0.4, -0.2) is 38.7 Å². The third-order valence-electron chi connectivity index (χ3n) is 2.71. The number of ether oxygens (including phenoxy) is 3. The third kappa shape index (κ3) is 6.27. The highest BCUT2D eigenvalue weighted by Crippen LogP contribution is 2.24. The van der Waals surface area contributed by atoms with Crippen LogP contribution in [0, 0.1) is 0 Å². The van der Waals surface area contributed by atoms with E-state index in [1.54, 1.807) is 18.2 Å². The van der Waals surface area contributed by atoms with E-state index in [1.165, 1.54) is 7.11 Å². The molecule has 0 aliphatic carbocycles. The first kappa shape index (κ1) is 17.7. The van der Waals surface area contributed by atoms with Crippen molar-refractivity contribution in [1.82, 2.24) is 0 Å². The molecule has 0 atom stereocenters. The maximum atomic E-state index is 12.1. The van der Waals surface area contributed by atoms with E-state index in [0.717, 1.165) is 4.47 Å². The second kappa shape index (κ2) is 9.52. The SMILES string of the molecule is CCOCCOC(=O)CCC(=O)c1cc(Br)ccc1OC. The summed E-state index contributed by atoms with van der Waals surface area (Å²) >= 11 is 3.31. The zero-order valence-electron chi connectivity index (χ0n) is 12.2. The smallest absolute Gasteiger partial charge is 0.306 e. The van der Waals surface area contributed by atoms with Crippen LogP contribution in [0.2, 0.25) is 0 Å². The van der Waals surface area contributed by atoms with Crippen molar-refractivity contribution < 1.29 is 23.8 Å². The molecule has 0 fully saturated rings. The molecule has 1 aromatic carbocycles. The van der Waals surface area contributed by atoms with Gasteiger partial charge in [0.25, 0.3) is 0 Å². The Kier molecular flexibility index (Phi) is 8.00. The predicted molar refractivity (Wildman–Crippen MR) is 81.7 cm³/mol. The lowest BCUT2D eigenvalue weighted by Crippen LogP contribution is -2.12. The predicted octanol–water partition coefficient (Wildman–Crippen LogP) is 3.00. The summed E-state index contributed by atoms with van der Waals surface area (Å²) in [6.45, 7) is 3.03. The van der Waals surface area contributed by atoms with Gasteiger partial charge in [0.2, 0.25) is 0 Å². The minimum Gasteiger partial charge on any atom is -0.496 e. The van der Waals surface area contributed by atoms with Crippen molar-refractivity contribution in [2.45, 2.75) is 19.8 Å². The third-order valence-corrected chi connectivity index (χ3v) is 3.21. The Bertz CT molecular complexity index is 487. The maximum Gasteiger partial charge on any atom is 0.306 e. The number of carbonyl (C=O) groups is 2. The van der Waals surface area contributed by atoms with Crippen LogP contribution in [0.3, 0.4) is 0 Å². The lowest BCUT2D eigenvalue weighted by molar-refractivity contribution is -0.145. The van der Waals surface area contributed by atoms with E-state index < -0.39 is 5.97 Å². The molecule has 5 nitrogen and oxygen atoms in total. The molecular formula is C15H19BrO5. The fourth-order valence-electron chi connectivity index (χ4n) is 1.68. The number of rotatable bonds is 9. The van der Waals surface area contributed by atoms with Gasteiger partial charge in [-0.2, -0.15) is 0 Å². The van der Waals surface area contributed by atoms with Gasteiger partial charge in [-0.25, -0.2) is 0 Å². The highest BCUT2D eigenvalue weighted by atomic mass is 79.9. The standard InChI is InChI=1S/C15H19BrO5/c1-3-20-8-9-21-15(18)7-5-13(17)12-10-11(16)4-6-14(12)19-2/h4,6,10H,3,5,7-9H2,1-2H3. The van der Waals surface area contributed by atoms with Crippen LogP contribution in [0.4, 0.5) is 0 Å². The molecule has 0 aromatic heterocycles. The summed E-state index contributed by atoms with van der Waals surface area (Å²) < 4.78 is 15.9. The molecule has 1 rings (SSSR count). The topological polar surface area (TPSA) is 61.8 Å². The monoisotopic (exact) mass is 358 g/mol. The van der Waals surface area contributed by atoms with Crippen LogP contribution < -0.4 is 4.74 Å². The van der Waals surface area contributed by atoms with Crippen molar-refractivity contribution in [3.05, 3.63) is 28.2 Å². The van der Waals surface area contributed by atoms with Gasteiger partial charge in [0.15, 0.2) is 5.78 Å². The molecule has 116 valence electrons. The first-order chi connectivity index (χ1) is 10.1. The number of carbonyl (C=O) groups excluding carboxylic acids is 2. The summed E-state index contributed by atoms with van der Waals surface area (Å²) in [6, 6.07) is 5.18. The van der Waals surface area contributed by atoms with E-state index in [2.05, 4.69) is 15.9 Å². The quantitative estimate of drug-likeness (QED) is 0.385. The summed E-state index contributed by atoms with van der Waals surface area (Å²) in [5, 5.41) is 0. The van der Waals surface area contributed by atoms with E-state index in [4.69, 9.17) is 14.2 Å². The van der Waals surface area contributed by atoms with E-state index in [1.807, 2.05) is 6.92 Å². The van der Waals surface area contributed by atoms with Crippen LogP contribution in [-0.2, 0) is 14.3 Å². The molecule has 0 heterocycles. The fraction of sp³-hybridized carbons (Fsp3) is 0.467. The summed E-state index contributed by atoms with van der Waals surface area (Å²) in [7, 11) is 1.50. The van der Waals surface area contributed by atoms with Crippen LogP contribution >= 0.6 is 15.9 Å². The molecule has 0 saturated carbocycles. The molecule has 0 N–H and O–H groups in total. The average molecular weight is 359 g/mol. The van der Waals surface area contributed by atoms with E-state index in [-0.39, 0.29) is 25.2 Å². The van der Waals surface area contributed by atoms with Gasteiger partial charge in [-0.05, 0) is 25.1 Å². The number of hydrogen-bond donors (Lipinski definition) is 0. The highest BCUT2D eigenvalue weighted by Gasteiger charge is 2.15. The minimum atomic E-state index is -0.406. The molecule has 21 heavy (non-hydrogen) atoms. The Hall–Kier alpha value is -1.40. The molecule has 0 amide bonds. The van der Waals surface area contributed by atoms with Crippen LogP contribution in [0.1, 0.15) is 30.1 Å². The van der Waals surface area contributed by atoms with Crippen molar-refractivity contribution in [2.24, 2.45) is 0 Å². The van der Waals surface area contributed by atoms with Crippen LogP contribution in [0.15, 0.2) is 22.7 Å². The zero-order chi connectivity index (χ0) is 15.7. The number of Topliss-reactive ketones (excluding diaryl/α,β-unsaturated/α-hetero) is 1. The normalized spacial score (nSPS) is 10.2. The van der Waals surface area contributed by atoms with Gasteiger partial charge in [0, 0.05) is 17.5 Å². The Morgan fingerprint density at radius 1 is 1.19 bits per heavy atom. The Balaban J connectivity index is 2.46. The zero-order valence-corrected chi connectivity index (χ0v) is 13.8. The fourth-order valence-corrected chi connectivity index (χ4v) is 2.04. The first-order valence-corrected chi connectivity index (χ1v) is 7.47. The van der Waals surface area contributed by atoms with Crippen molar-refractivity contribution in [1.29, 1.82) is 0 Å². The molecule has 0 saturated heterocycles. The van der Waals surface area contributed by atoms with Crippen LogP contribution in [0.25, 0.3) is 0 Å². The van der Waals surface area contributed by atoms with Gasteiger partial charge in [-0.1, -0.05) is 15.9 Å². The number of esters is 1. The van der Waals surface area contributed by atoms with Gasteiger partial charge in [-0.15, -0.1) is 0 Å². The lowest BCUT2D eigenvalue weighted by Gasteiger charge is -2.08. The highest BCUT2D eigenvalue weighted by molar-refractivity contribution is 9.10. The van der Waals surface area contributed by atoms with Crippen LogP contribution in [0.5, 0.6) is 5.75 Å². The van der Waals surface area contributed by atoms with Crippen molar-refractivity contribution in [2.75, 3.05) is 26.9 Å². The molecule has 0 spiro atoms. The second-order valence-electron chi connectivity index (χ2n) is 4.19. The molecule has 0 radical (unpaired) electrons. The first-order valence-electron chi connectivity index (χ1n) is 6.68. The summed E-state index contributed by atoms with van der Waals surface area (Å²) in [6.07, 6.45) is 0.126. The molecular weight excluding hydrogens is 340 g/mol. The largest absolute Gasteiger partial charge is 0.496 e. The number of ketones is 1. The van der Waals surface area contributed by atoms with Gasteiger partial charge in [0.05, 0.1) is 25.7 Å². The maximum absolute atomic E-state index is 12.1. The number of halogens is 1. The van der Waals surface area contributed by atoms with Gasteiger partial charge in [0.1, 0.15) is 12.4 Å². The van der Waals surface area contributed by atoms with Crippen molar-refractivity contribution in [3.63, 3.8) is 0 Å². The average Bonchev–Trinajstić information content (AvgIpc) is 2.49. The lowest BCUT2D eigenvalue weighted by atomic mass is 10.1. The summed E-state index contributed by atoms with van der Waals surface area (Å²) in [5.41, 5.74) is 0.453. The molecule has 0 unspecified atom stereocenters. The molecule has 0 bridgehead atoms. The van der Waals surface area contributed by atoms with E-state index in [9.17, 15) is 9.59 Å². The van der Waals surface area contributed by atoms with E-state index >= 15 is 0 Å². The molecule has 0 aliphatic heterocycles. The van der Waals surface area contributed by atoms with Crippen molar-refractivity contribution in [3.8, 4) is 5.75 Å². The van der Waals surface area contributed by atoms with Gasteiger partial charge in [-0.3, -0.25) is 9.59 Å². The second-order valence-corrected chi connectivity index (χ2v) is 5.10.